The molecule has 73 heavy (non-hydrogen) atoms. The molecular weight excluding hydrogens is 918 g/mol. The summed E-state index contributed by atoms with van der Waals surface area (Å²) >= 11 is 0. The van der Waals surface area contributed by atoms with Crippen molar-refractivity contribution in [3.8, 4) is 51.6 Å². The van der Waals surface area contributed by atoms with E-state index in [1.54, 1.807) is 54.1 Å². The van der Waals surface area contributed by atoms with Gasteiger partial charge in [-0.3, -0.25) is 14.8 Å². The largest absolute Gasteiger partial charge is 0.508 e. The minimum Gasteiger partial charge on any atom is -0.508 e. The first kappa shape index (κ1) is 48.9. The number of hydrogen-bond acceptors (Lipinski definition) is 10. The fourth-order valence-electron chi connectivity index (χ4n) is 8.37. The second kappa shape index (κ2) is 21.9. The van der Waals surface area contributed by atoms with Crippen molar-refractivity contribution in [3.05, 3.63) is 192 Å². The highest BCUT2D eigenvalue weighted by molar-refractivity contribution is 5.95. The van der Waals surface area contributed by atoms with Gasteiger partial charge in [0.2, 0.25) is 0 Å². The average molecular weight is 970 g/mol. The molecule has 0 saturated carbocycles. The van der Waals surface area contributed by atoms with Crippen molar-refractivity contribution in [3.63, 3.8) is 0 Å². The van der Waals surface area contributed by atoms with Gasteiger partial charge in [-0.1, -0.05) is 92.1 Å². The normalized spacial score (nSPS) is 11.4. The van der Waals surface area contributed by atoms with E-state index in [4.69, 9.17) is 14.8 Å². The second-order valence-electron chi connectivity index (χ2n) is 17.0. The summed E-state index contributed by atoms with van der Waals surface area (Å²) in [5.74, 6) is 6.13. The molecule has 0 radical (unpaired) electrons. The Labute approximate surface area is 421 Å². The van der Waals surface area contributed by atoms with E-state index in [1.807, 2.05) is 116 Å². The number of aryl methyl sites for hydroxylation is 2. The smallest absolute Gasteiger partial charge is 0.173 e. The first-order valence-corrected chi connectivity index (χ1v) is 23.9. The van der Waals surface area contributed by atoms with Crippen molar-refractivity contribution in [1.29, 1.82) is 0 Å². The number of hydrogen-bond donors (Lipinski definition) is 1. The van der Waals surface area contributed by atoms with Crippen molar-refractivity contribution >= 4 is 38.8 Å². The van der Waals surface area contributed by atoms with Crippen LogP contribution in [0.4, 0.5) is 4.39 Å². The third-order valence-electron chi connectivity index (χ3n) is 12.0. The molecule has 0 amide bonds. The van der Waals surface area contributed by atoms with Gasteiger partial charge in [0.1, 0.15) is 23.9 Å². The van der Waals surface area contributed by atoms with Crippen LogP contribution in [0, 0.1) is 24.6 Å². The Morgan fingerprint density at radius 3 is 2.16 bits per heavy atom. The monoisotopic (exact) mass is 969 g/mol. The Hall–Kier alpha value is -9.13. The van der Waals surface area contributed by atoms with Gasteiger partial charge in [-0.15, -0.1) is 5.92 Å². The van der Waals surface area contributed by atoms with E-state index in [9.17, 15) is 14.3 Å². The number of phenolic OH excluding ortho intramolecular Hbond substituents is 1. The molecule has 1 unspecified atom stereocenters. The molecule has 0 saturated heterocycles. The van der Waals surface area contributed by atoms with Crippen LogP contribution in [0.15, 0.2) is 159 Å². The lowest BCUT2D eigenvalue weighted by molar-refractivity contribution is 0.0852. The first-order valence-electron chi connectivity index (χ1n) is 23.9. The van der Waals surface area contributed by atoms with Crippen molar-refractivity contribution in [2.45, 2.75) is 67.1 Å². The molecule has 0 fully saturated rings. The molecule has 1 atom stereocenters. The number of rotatable bonds is 11. The van der Waals surface area contributed by atoms with E-state index in [-0.39, 0.29) is 29.9 Å². The zero-order valence-electron chi connectivity index (χ0n) is 41.3. The van der Waals surface area contributed by atoms with E-state index in [1.165, 1.54) is 16.6 Å². The van der Waals surface area contributed by atoms with Crippen molar-refractivity contribution in [1.82, 2.24) is 54.1 Å². The van der Waals surface area contributed by atoms with Crippen LogP contribution in [-0.2, 0) is 24.2 Å². The molecule has 1 N–H and O–H groups in total. The number of Topliss-reactive ketones (excluding diaryl/α,β-unsaturated/α-hetero) is 1. The Bertz CT molecular complexity index is 3780. The Kier molecular flexibility index (Phi) is 14.7. The van der Waals surface area contributed by atoms with E-state index in [0.717, 1.165) is 85.3 Å². The maximum atomic E-state index is 14.0. The number of aromatic nitrogens is 11. The summed E-state index contributed by atoms with van der Waals surface area (Å²) in [6.07, 6.45) is 9.53. The van der Waals surface area contributed by atoms with Gasteiger partial charge in [-0.25, -0.2) is 28.4 Å². The van der Waals surface area contributed by atoms with Crippen LogP contribution >= 0.6 is 0 Å². The minimum atomic E-state index is -0.422. The quantitative estimate of drug-likeness (QED) is 0.0977. The maximum Gasteiger partial charge on any atom is 0.173 e. The maximum absolute atomic E-state index is 14.0. The van der Waals surface area contributed by atoms with E-state index in [0.29, 0.717) is 11.4 Å². The van der Waals surface area contributed by atoms with E-state index < -0.39 is 5.82 Å². The van der Waals surface area contributed by atoms with Crippen molar-refractivity contribution in [2.24, 2.45) is 0 Å². The standard InChI is InChI=1S/C26H22N4O.C16H15FN4O.C16H15N3O/c1-3-21-25(18-10-8-17(2)9-11-18)29-30(26(21)19-12-14-20(31)15-13-19)24-16-27-22-6-4-5-7-23(22)28-24;1-3-6-12(2)22-10-15-13(17)9-21(19-15)20-11-18-14-7-4-5-8-16(14)20;1-3-14-13(11(2)20)10-19(18-14)16-8-9-17-15-7-5-4-6-12(15)16/h4-16,31H,3H2,1-2H3;4-5,7-9,11-12H,10H2,1-2H3;4-10H,3H2,1-2H3. The van der Waals surface area contributed by atoms with Gasteiger partial charge in [0.15, 0.2) is 17.4 Å². The first-order chi connectivity index (χ1) is 35.5. The molecule has 5 aromatic carbocycles. The van der Waals surface area contributed by atoms with Crippen LogP contribution in [0.25, 0.3) is 67.0 Å². The molecule has 364 valence electrons. The lowest BCUT2D eigenvalue weighted by Gasteiger charge is -2.09. The number of imidazole rings is 1. The summed E-state index contributed by atoms with van der Waals surface area (Å²) in [4.78, 5) is 31.1. The average Bonchev–Trinajstić information content (AvgIpc) is 4.23. The van der Waals surface area contributed by atoms with Crippen LogP contribution in [0.1, 0.15) is 67.5 Å². The summed E-state index contributed by atoms with van der Waals surface area (Å²) in [6.45, 7) is 11.4. The van der Waals surface area contributed by atoms with Gasteiger partial charge in [0.25, 0.3) is 0 Å². The molecule has 0 spiro atoms. The number of nitrogens with zero attached hydrogens (tertiary/aromatic N) is 11. The van der Waals surface area contributed by atoms with Crippen LogP contribution in [0.3, 0.4) is 0 Å². The van der Waals surface area contributed by atoms with E-state index >= 15 is 0 Å². The van der Waals surface area contributed by atoms with Crippen molar-refractivity contribution < 1.29 is 19.0 Å². The molecule has 0 aliphatic rings. The van der Waals surface area contributed by atoms with Crippen molar-refractivity contribution in [2.75, 3.05) is 0 Å². The van der Waals surface area contributed by atoms with Gasteiger partial charge in [-0.2, -0.15) is 20.1 Å². The third kappa shape index (κ3) is 10.7. The zero-order valence-corrected chi connectivity index (χ0v) is 41.3. The van der Waals surface area contributed by atoms with Crippen LogP contribution in [0.2, 0.25) is 0 Å². The molecule has 0 aliphatic carbocycles. The predicted molar refractivity (Wildman–Crippen MR) is 282 cm³/mol. The summed E-state index contributed by atoms with van der Waals surface area (Å²) in [5.41, 5.74) is 13.2. The van der Waals surface area contributed by atoms with Crippen LogP contribution < -0.4 is 0 Å². The number of halogens is 1. The molecule has 6 heterocycles. The molecule has 0 aliphatic heterocycles. The Morgan fingerprint density at radius 2 is 1.45 bits per heavy atom. The fraction of sp³-hybridized carbons (Fsp3) is 0.172. The van der Waals surface area contributed by atoms with Gasteiger partial charge < -0.3 is 9.84 Å². The number of carbonyl (C=O) groups excluding carboxylic acids is 1. The van der Waals surface area contributed by atoms with Crippen LogP contribution in [0.5, 0.6) is 5.75 Å². The number of benzene rings is 5. The fourth-order valence-corrected chi connectivity index (χ4v) is 8.37. The highest BCUT2D eigenvalue weighted by atomic mass is 19.1. The number of pyridine rings is 1. The minimum absolute atomic E-state index is 0.0476. The van der Waals surface area contributed by atoms with Gasteiger partial charge in [0.05, 0.1) is 74.9 Å². The van der Waals surface area contributed by atoms with Gasteiger partial charge in [-0.05, 0) is 101 Å². The second-order valence-corrected chi connectivity index (χ2v) is 17.0. The highest BCUT2D eigenvalue weighted by Gasteiger charge is 2.22. The number of para-hydroxylation sites is 5. The van der Waals surface area contributed by atoms with Gasteiger partial charge in [0, 0.05) is 34.5 Å². The molecule has 11 aromatic rings. The lowest BCUT2D eigenvalue weighted by Crippen LogP contribution is -2.10. The number of ketones is 1. The summed E-state index contributed by atoms with van der Waals surface area (Å²) < 4.78 is 24.8. The van der Waals surface area contributed by atoms with E-state index in [2.05, 4.69) is 75.1 Å². The molecule has 11 rings (SSSR count). The summed E-state index contributed by atoms with van der Waals surface area (Å²) in [7, 11) is 0. The Morgan fingerprint density at radius 1 is 0.753 bits per heavy atom. The topological polar surface area (TPSA) is 156 Å². The highest BCUT2D eigenvalue weighted by Crippen LogP contribution is 2.35. The van der Waals surface area contributed by atoms with Gasteiger partial charge >= 0.3 is 0 Å². The number of aromatic hydroxyl groups is 1. The SMILES string of the molecule is CC#CC(C)OCc1nn(-n2cnc3ccccc32)cc1F.CCc1c(-c2ccc(C)cc2)nn(-c2cnc3ccccc3n2)c1-c1ccc(O)cc1.CCc1nn(-c2ccnc3ccccc23)cc1C(C)=O. The third-order valence-corrected chi connectivity index (χ3v) is 12.0. The summed E-state index contributed by atoms with van der Waals surface area (Å²) in [6, 6.07) is 40.9. The number of carbonyl (C=O) groups is 1. The Balaban J connectivity index is 0.000000139. The summed E-state index contributed by atoms with van der Waals surface area (Å²) in [5, 5.41) is 24.6. The molecule has 15 heteroatoms. The predicted octanol–water partition coefficient (Wildman–Crippen LogP) is 11.5. The lowest BCUT2D eigenvalue weighted by atomic mass is 9.99. The zero-order chi connectivity index (χ0) is 51.0. The number of phenols is 1. The van der Waals surface area contributed by atoms with Crippen LogP contribution in [-0.4, -0.2) is 71.1 Å². The number of ether oxygens (including phenoxy) is 1. The molecule has 0 bridgehead atoms. The molecular formula is C58H52FN11O3. The number of fused-ring (bicyclic) bond motifs is 3. The molecule has 6 aromatic heterocycles. The molecule has 14 nitrogen and oxygen atoms in total.